The van der Waals surface area contributed by atoms with Crippen LogP contribution in [0.4, 0.5) is 8.78 Å². The molecule has 1 heterocycles. The minimum absolute atomic E-state index is 0.283. The van der Waals surface area contributed by atoms with Crippen molar-refractivity contribution in [3.8, 4) is 0 Å². The van der Waals surface area contributed by atoms with Crippen molar-refractivity contribution in [1.82, 2.24) is 4.90 Å². The second-order valence-electron chi connectivity index (χ2n) is 5.42. The van der Waals surface area contributed by atoms with Crippen LogP contribution < -0.4 is 0 Å². The zero-order valence-corrected chi connectivity index (χ0v) is 11.3. The van der Waals surface area contributed by atoms with Gasteiger partial charge in [-0.3, -0.25) is 4.90 Å². The lowest BCUT2D eigenvalue weighted by Gasteiger charge is -2.25. The third kappa shape index (κ3) is 3.98. The molecule has 19 heavy (non-hydrogen) atoms. The lowest BCUT2D eigenvalue weighted by atomic mass is 10.1. The molecule has 0 amide bonds. The predicted molar refractivity (Wildman–Crippen MR) is 71.0 cm³/mol. The van der Waals surface area contributed by atoms with Gasteiger partial charge in [0.2, 0.25) is 0 Å². The first-order chi connectivity index (χ1) is 9.06. The molecule has 0 bridgehead atoms. The van der Waals surface area contributed by atoms with Crippen molar-refractivity contribution in [1.29, 1.82) is 0 Å². The van der Waals surface area contributed by atoms with Gasteiger partial charge in [-0.1, -0.05) is 6.07 Å². The number of aliphatic hydroxyl groups excluding tert-OH is 1. The summed E-state index contributed by atoms with van der Waals surface area (Å²) in [5.41, 5.74) is 0.821. The van der Waals surface area contributed by atoms with Crippen LogP contribution in [0.5, 0.6) is 0 Å². The van der Waals surface area contributed by atoms with E-state index in [0.29, 0.717) is 12.5 Å². The van der Waals surface area contributed by atoms with E-state index in [1.165, 1.54) is 12.1 Å². The molecule has 2 atom stereocenters. The minimum Gasteiger partial charge on any atom is -0.393 e. The molecule has 0 aromatic heterocycles. The lowest BCUT2D eigenvalue weighted by Crippen LogP contribution is -2.33. The Morgan fingerprint density at radius 2 is 2.16 bits per heavy atom. The molecular weight excluding hydrogens is 248 g/mol. The molecule has 1 fully saturated rings. The van der Waals surface area contributed by atoms with Crippen LogP contribution in [0.25, 0.3) is 0 Å². The molecule has 0 radical (unpaired) electrons. The summed E-state index contributed by atoms with van der Waals surface area (Å²) >= 11 is 0. The van der Waals surface area contributed by atoms with Crippen molar-refractivity contribution in [3.05, 3.63) is 35.4 Å². The molecule has 4 heteroatoms. The Kier molecular flexibility index (Phi) is 4.88. The normalized spacial score (nSPS) is 21.8. The molecule has 2 rings (SSSR count). The number of hydrogen-bond donors (Lipinski definition) is 1. The van der Waals surface area contributed by atoms with Gasteiger partial charge in [0.15, 0.2) is 11.6 Å². The maximum atomic E-state index is 13.1. The van der Waals surface area contributed by atoms with Crippen molar-refractivity contribution in [2.75, 3.05) is 13.1 Å². The Morgan fingerprint density at radius 3 is 2.84 bits per heavy atom. The molecule has 1 aromatic carbocycles. The van der Waals surface area contributed by atoms with Crippen LogP contribution in [0.3, 0.4) is 0 Å². The fraction of sp³-hybridized carbons (Fsp3) is 0.600. The number of benzene rings is 1. The number of nitrogens with zero attached hydrogens (tertiary/aromatic N) is 1. The highest BCUT2D eigenvalue weighted by Gasteiger charge is 2.25. The van der Waals surface area contributed by atoms with Crippen LogP contribution >= 0.6 is 0 Å². The van der Waals surface area contributed by atoms with Gasteiger partial charge in [-0.25, -0.2) is 8.78 Å². The number of hydrogen-bond acceptors (Lipinski definition) is 2. The zero-order valence-electron chi connectivity index (χ0n) is 11.3. The average molecular weight is 269 g/mol. The molecular formula is C15H21F2NO. The SMILES string of the molecule is CC(O)CC1CCCN1CCc1ccc(F)c(F)c1. The largest absolute Gasteiger partial charge is 0.393 e. The van der Waals surface area contributed by atoms with E-state index in [9.17, 15) is 13.9 Å². The van der Waals surface area contributed by atoms with Gasteiger partial charge in [-0.05, 0) is 56.8 Å². The maximum absolute atomic E-state index is 13.1. The topological polar surface area (TPSA) is 23.5 Å². The minimum atomic E-state index is -0.795. The molecule has 1 aliphatic heterocycles. The molecule has 0 saturated carbocycles. The summed E-state index contributed by atoms with van der Waals surface area (Å²) < 4.78 is 25.9. The Morgan fingerprint density at radius 1 is 1.37 bits per heavy atom. The summed E-state index contributed by atoms with van der Waals surface area (Å²) in [6.45, 7) is 3.68. The van der Waals surface area contributed by atoms with Crippen LogP contribution in [0, 0.1) is 11.6 Å². The first kappa shape index (κ1) is 14.4. The van der Waals surface area contributed by atoms with E-state index in [2.05, 4.69) is 4.90 Å². The maximum Gasteiger partial charge on any atom is 0.159 e. The summed E-state index contributed by atoms with van der Waals surface area (Å²) in [5, 5.41) is 9.46. The highest BCUT2D eigenvalue weighted by atomic mass is 19.2. The molecule has 1 aliphatic rings. The van der Waals surface area contributed by atoms with Gasteiger partial charge in [0, 0.05) is 12.6 Å². The van der Waals surface area contributed by atoms with Crippen LogP contribution in [-0.4, -0.2) is 35.2 Å². The van der Waals surface area contributed by atoms with Crippen molar-refractivity contribution in [3.63, 3.8) is 0 Å². The number of rotatable bonds is 5. The van der Waals surface area contributed by atoms with Gasteiger partial charge in [0.1, 0.15) is 0 Å². The Bertz CT molecular complexity index is 423. The Labute approximate surface area is 113 Å². The Hall–Kier alpha value is -1.00. The van der Waals surface area contributed by atoms with E-state index in [1.807, 2.05) is 6.92 Å². The molecule has 0 aliphatic carbocycles. The third-order valence-electron chi connectivity index (χ3n) is 3.78. The summed E-state index contributed by atoms with van der Waals surface area (Å²) in [4.78, 5) is 2.34. The molecule has 2 nitrogen and oxygen atoms in total. The van der Waals surface area contributed by atoms with Gasteiger partial charge >= 0.3 is 0 Å². The summed E-state index contributed by atoms with van der Waals surface area (Å²) in [7, 11) is 0. The van der Waals surface area contributed by atoms with Crippen LogP contribution in [0.1, 0.15) is 31.7 Å². The van der Waals surface area contributed by atoms with Gasteiger partial charge in [0.25, 0.3) is 0 Å². The van der Waals surface area contributed by atoms with E-state index < -0.39 is 11.6 Å². The number of halogens is 2. The molecule has 1 N–H and O–H groups in total. The third-order valence-corrected chi connectivity index (χ3v) is 3.78. The number of aliphatic hydroxyl groups is 1. The average Bonchev–Trinajstić information content (AvgIpc) is 2.77. The fourth-order valence-electron chi connectivity index (χ4n) is 2.82. The van der Waals surface area contributed by atoms with E-state index in [0.717, 1.165) is 37.9 Å². The lowest BCUT2D eigenvalue weighted by molar-refractivity contribution is 0.134. The zero-order chi connectivity index (χ0) is 13.8. The van der Waals surface area contributed by atoms with Gasteiger partial charge in [-0.2, -0.15) is 0 Å². The van der Waals surface area contributed by atoms with Gasteiger partial charge in [0.05, 0.1) is 6.10 Å². The van der Waals surface area contributed by atoms with Crippen molar-refractivity contribution >= 4 is 0 Å². The summed E-state index contributed by atoms with van der Waals surface area (Å²) in [6, 6.07) is 4.51. The van der Waals surface area contributed by atoms with Gasteiger partial charge < -0.3 is 5.11 Å². The predicted octanol–water partition coefficient (Wildman–Crippen LogP) is 2.74. The van der Waals surface area contributed by atoms with E-state index in [4.69, 9.17) is 0 Å². The number of likely N-dealkylation sites (tertiary alicyclic amines) is 1. The highest BCUT2D eigenvalue weighted by molar-refractivity contribution is 5.18. The second kappa shape index (κ2) is 6.44. The van der Waals surface area contributed by atoms with E-state index in [1.54, 1.807) is 6.07 Å². The summed E-state index contributed by atoms with van der Waals surface area (Å²) in [6.07, 6.45) is 3.48. The van der Waals surface area contributed by atoms with Gasteiger partial charge in [-0.15, -0.1) is 0 Å². The van der Waals surface area contributed by atoms with Crippen molar-refractivity contribution in [2.45, 2.75) is 44.8 Å². The van der Waals surface area contributed by atoms with Crippen molar-refractivity contribution in [2.24, 2.45) is 0 Å². The quantitative estimate of drug-likeness (QED) is 0.888. The molecule has 2 unspecified atom stereocenters. The van der Waals surface area contributed by atoms with Crippen molar-refractivity contribution < 1.29 is 13.9 Å². The summed E-state index contributed by atoms with van der Waals surface area (Å²) in [5.74, 6) is -1.57. The van der Waals surface area contributed by atoms with Crippen LogP contribution in [0.2, 0.25) is 0 Å². The fourth-order valence-corrected chi connectivity index (χ4v) is 2.82. The molecule has 0 spiro atoms. The second-order valence-corrected chi connectivity index (χ2v) is 5.42. The van der Waals surface area contributed by atoms with E-state index >= 15 is 0 Å². The van der Waals surface area contributed by atoms with Crippen LogP contribution in [0.15, 0.2) is 18.2 Å². The molecule has 106 valence electrons. The monoisotopic (exact) mass is 269 g/mol. The smallest absolute Gasteiger partial charge is 0.159 e. The highest BCUT2D eigenvalue weighted by Crippen LogP contribution is 2.22. The molecule has 1 aromatic rings. The van der Waals surface area contributed by atoms with E-state index in [-0.39, 0.29) is 6.10 Å². The first-order valence-electron chi connectivity index (χ1n) is 6.92. The van der Waals surface area contributed by atoms with Crippen LogP contribution in [-0.2, 0) is 6.42 Å². The first-order valence-corrected chi connectivity index (χ1v) is 6.92. The molecule has 1 saturated heterocycles. The standard InChI is InChI=1S/C15H21F2NO/c1-11(19)9-13-3-2-7-18(13)8-6-12-4-5-14(16)15(17)10-12/h4-5,10-11,13,19H,2-3,6-9H2,1H3. The Balaban J connectivity index is 1.88.